The zero-order valence-electron chi connectivity index (χ0n) is 16.4. The van der Waals surface area contributed by atoms with Crippen LogP contribution >= 0.6 is 0 Å². The SMILES string of the molecule is CC(=O)C(O)[C@@H](O)[C@](O)(C(C)=O)[C@@](O)(C(C)=O)[C@@](O)(C=[O+][S-])C(=O)CCCN=[N+]=[N-]. The second-order valence-corrected chi connectivity index (χ2v) is 6.74. The van der Waals surface area contributed by atoms with Gasteiger partial charge in [-0.3, -0.25) is 19.2 Å². The number of ketones is 4. The van der Waals surface area contributed by atoms with Crippen LogP contribution in [0.3, 0.4) is 0 Å². The van der Waals surface area contributed by atoms with E-state index in [2.05, 4.69) is 26.8 Å². The van der Waals surface area contributed by atoms with Crippen molar-refractivity contribution in [2.24, 2.45) is 5.11 Å². The van der Waals surface area contributed by atoms with Crippen LogP contribution in [0.4, 0.5) is 0 Å². The van der Waals surface area contributed by atoms with Gasteiger partial charge in [-0.15, -0.1) is 0 Å². The van der Waals surface area contributed by atoms with Gasteiger partial charge >= 0.3 is 6.29 Å². The van der Waals surface area contributed by atoms with E-state index in [-0.39, 0.29) is 19.3 Å². The number of aliphatic hydroxyl groups is 5. The number of azide groups is 1. The smallest absolute Gasteiger partial charge is 0.307 e. The first-order chi connectivity index (χ1) is 13.7. The van der Waals surface area contributed by atoms with Gasteiger partial charge in [-0.25, -0.2) is 12.9 Å². The minimum absolute atomic E-state index is 0.0837. The summed E-state index contributed by atoms with van der Waals surface area (Å²) in [7, 11) is 0. The van der Waals surface area contributed by atoms with Gasteiger partial charge in [-0.2, -0.15) is 0 Å². The molecule has 0 spiro atoms. The zero-order chi connectivity index (χ0) is 23.9. The van der Waals surface area contributed by atoms with E-state index < -0.39 is 58.6 Å². The topological polar surface area (TPSA) is 229 Å². The molecule has 0 aliphatic heterocycles. The molecule has 0 rings (SSSR count). The molecular weight excluding hydrogens is 426 g/mol. The van der Waals surface area contributed by atoms with E-state index in [1.54, 1.807) is 0 Å². The predicted molar refractivity (Wildman–Crippen MR) is 101 cm³/mol. The van der Waals surface area contributed by atoms with E-state index in [1.807, 2.05) is 0 Å². The van der Waals surface area contributed by atoms with Crippen molar-refractivity contribution in [2.75, 3.05) is 6.54 Å². The predicted octanol–water partition coefficient (Wildman–Crippen LogP) is -2.48. The molecule has 0 amide bonds. The summed E-state index contributed by atoms with van der Waals surface area (Å²) < 4.78 is 4.17. The van der Waals surface area contributed by atoms with Crippen molar-refractivity contribution < 1.29 is 48.6 Å². The standard InChI is InChI=1S/C16H23N3O10S/c1-8(20)12(24)13(25)15(27,9(2)21)16(28,10(3)22)14(26,7-29-30)11(23)5-4-6-18-19-17/h7,12-13,24-28H,4-6H2,1-3H3/t12?,13-,14-,15-,16-/m1/s1. The van der Waals surface area contributed by atoms with Crippen molar-refractivity contribution in [3.63, 3.8) is 0 Å². The van der Waals surface area contributed by atoms with Crippen molar-refractivity contribution in [3.05, 3.63) is 10.4 Å². The highest BCUT2D eigenvalue weighted by Crippen LogP contribution is 2.39. The monoisotopic (exact) mass is 449 g/mol. The first-order valence-corrected chi connectivity index (χ1v) is 8.76. The van der Waals surface area contributed by atoms with Gasteiger partial charge in [0.2, 0.25) is 5.60 Å². The molecule has 0 aliphatic carbocycles. The van der Waals surface area contributed by atoms with E-state index >= 15 is 0 Å². The number of carbonyl (C=O) groups is 4. The maximum atomic E-state index is 12.7. The van der Waals surface area contributed by atoms with Gasteiger partial charge < -0.3 is 29.4 Å². The molecule has 5 N–H and O–H groups in total. The number of Topliss-reactive ketones (excluding diaryl/α,β-unsaturated/α-hetero) is 4. The molecule has 0 aromatic rings. The van der Waals surface area contributed by atoms with Crippen LogP contribution in [0.1, 0.15) is 33.6 Å². The molecule has 0 heterocycles. The highest BCUT2D eigenvalue weighted by Gasteiger charge is 2.75. The van der Waals surface area contributed by atoms with Crippen LogP contribution in [0.25, 0.3) is 10.4 Å². The molecular formula is C16H23N3O10S. The second kappa shape index (κ2) is 10.6. The summed E-state index contributed by atoms with van der Waals surface area (Å²) in [6.07, 6.45) is -6.11. The number of nitrogens with zero attached hydrogens (tertiary/aromatic N) is 3. The lowest BCUT2D eigenvalue weighted by molar-refractivity contribution is -0.270. The summed E-state index contributed by atoms with van der Waals surface area (Å²) in [5, 5.41) is 56.2. The van der Waals surface area contributed by atoms with E-state index in [1.165, 1.54) is 0 Å². The third-order valence-corrected chi connectivity index (χ3v) is 4.76. The molecule has 0 aromatic heterocycles. The molecule has 0 saturated heterocycles. The molecule has 14 heteroatoms. The highest BCUT2D eigenvalue weighted by atomic mass is 32.1. The average Bonchev–Trinajstić information content (AvgIpc) is 2.67. The Balaban J connectivity index is 6.85. The summed E-state index contributed by atoms with van der Waals surface area (Å²) >= 11 is 4.19. The van der Waals surface area contributed by atoms with Crippen LogP contribution in [0, 0.1) is 0 Å². The molecule has 0 fully saturated rings. The second-order valence-electron chi connectivity index (χ2n) is 6.55. The van der Waals surface area contributed by atoms with Crippen molar-refractivity contribution in [2.45, 2.75) is 62.6 Å². The summed E-state index contributed by atoms with van der Waals surface area (Å²) in [6.45, 7) is 1.68. The fraction of sp³-hybridized carbons (Fsp3) is 0.688. The van der Waals surface area contributed by atoms with Crippen molar-refractivity contribution in [1.82, 2.24) is 0 Å². The molecule has 0 bridgehead atoms. The molecule has 0 aliphatic rings. The number of hydrogen-bond acceptors (Lipinski definition) is 11. The molecule has 168 valence electrons. The largest absolute Gasteiger partial charge is 0.386 e. The van der Waals surface area contributed by atoms with Crippen LogP contribution < -0.4 is 0 Å². The van der Waals surface area contributed by atoms with Crippen LogP contribution in [0.15, 0.2) is 5.11 Å². The van der Waals surface area contributed by atoms with Gasteiger partial charge in [-0.05, 0) is 32.7 Å². The quantitative estimate of drug-likeness (QED) is 0.0290. The highest BCUT2D eigenvalue weighted by molar-refractivity contribution is 7.50. The Hall–Kier alpha value is -2.32. The maximum Gasteiger partial charge on any atom is 0.307 e. The van der Waals surface area contributed by atoms with E-state index in [0.717, 1.165) is 6.92 Å². The van der Waals surface area contributed by atoms with Crippen molar-refractivity contribution >= 4 is 42.3 Å². The number of aliphatic hydroxyl groups excluding tert-OH is 2. The summed E-state index contributed by atoms with van der Waals surface area (Å²) in [5.74, 6) is -5.77. The first-order valence-electron chi connectivity index (χ1n) is 8.43. The van der Waals surface area contributed by atoms with E-state index in [4.69, 9.17) is 5.53 Å². The van der Waals surface area contributed by atoms with Gasteiger partial charge in [0.25, 0.3) is 5.60 Å². The lowest BCUT2D eigenvalue weighted by Gasteiger charge is -2.47. The normalized spacial score (nSPS) is 19.5. The van der Waals surface area contributed by atoms with Crippen LogP contribution in [0.2, 0.25) is 0 Å². The summed E-state index contributed by atoms with van der Waals surface area (Å²) in [5.41, 5.74) is -2.88. The van der Waals surface area contributed by atoms with E-state index in [9.17, 15) is 44.7 Å². The Bertz CT molecular complexity index is 783. The number of aldehydes is 1. The molecule has 0 aromatic carbocycles. The Morgan fingerprint density at radius 3 is 2.03 bits per heavy atom. The van der Waals surface area contributed by atoms with Crippen molar-refractivity contribution in [3.8, 4) is 0 Å². The lowest BCUT2D eigenvalue weighted by atomic mass is 9.62. The van der Waals surface area contributed by atoms with Gasteiger partial charge in [0, 0.05) is 17.9 Å². The summed E-state index contributed by atoms with van der Waals surface area (Å²) in [6, 6.07) is 0. The fourth-order valence-corrected chi connectivity index (χ4v) is 3.06. The van der Waals surface area contributed by atoms with Gasteiger partial charge in [0.15, 0.2) is 28.7 Å². The van der Waals surface area contributed by atoms with Gasteiger partial charge in [-0.1, -0.05) is 5.11 Å². The molecule has 0 radical (unpaired) electrons. The van der Waals surface area contributed by atoms with Crippen molar-refractivity contribution in [1.29, 1.82) is 0 Å². The molecule has 1 unspecified atom stereocenters. The summed E-state index contributed by atoms with van der Waals surface area (Å²) in [4.78, 5) is 51.2. The molecule has 13 nitrogen and oxygen atoms in total. The Morgan fingerprint density at radius 1 is 1.13 bits per heavy atom. The Morgan fingerprint density at radius 2 is 1.67 bits per heavy atom. The minimum atomic E-state index is -3.85. The number of carbonyl (C=O) groups excluding carboxylic acids is 5. The average molecular weight is 449 g/mol. The Labute approximate surface area is 176 Å². The minimum Gasteiger partial charge on any atom is -0.386 e. The van der Waals surface area contributed by atoms with Gasteiger partial charge in [0.05, 0.1) is 0 Å². The van der Waals surface area contributed by atoms with Crippen LogP contribution in [0.5, 0.6) is 0 Å². The fourth-order valence-electron chi connectivity index (χ4n) is 2.92. The van der Waals surface area contributed by atoms with Gasteiger partial charge in [0.1, 0.15) is 12.2 Å². The first kappa shape index (κ1) is 27.7. The molecule has 30 heavy (non-hydrogen) atoms. The lowest BCUT2D eigenvalue weighted by Crippen LogP contribution is -2.81. The Kier molecular flexibility index (Phi) is 9.81. The number of rotatable bonds is 13. The van der Waals surface area contributed by atoms with Crippen LogP contribution in [-0.4, -0.2) is 90.5 Å². The molecule has 0 saturated carbocycles. The van der Waals surface area contributed by atoms with E-state index in [0.29, 0.717) is 13.8 Å². The number of hydrogen-bond donors (Lipinski definition) is 5. The third kappa shape index (κ3) is 4.70. The van der Waals surface area contributed by atoms with Crippen LogP contribution in [-0.2, 0) is 36.0 Å². The maximum absolute atomic E-state index is 12.7. The third-order valence-electron chi connectivity index (χ3n) is 4.66. The molecule has 5 atom stereocenters. The zero-order valence-corrected chi connectivity index (χ0v) is 17.2.